The van der Waals surface area contributed by atoms with Gasteiger partial charge in [-0.05, 0) is 18.0 Å². The normalized spacial score (nSPS) is 26.6. The van der Waals surface area contributed by atoms with Crippen LogP contribution in [0.4, 0.5) is 13.2 Å². The minimum Gasteiger partial charge on any atom is -0.300 e. The third-order valence-corrected chi connectivity index (χ3v) is 5.14. The minimum atomic E-state index is -4.30. The molecule has 112 valence electrons. The lowest BCUT2D eigenvalue weighted by Crippen LogP contribution is -2.37. The van der Waals surface area contributed by atoms with Crippen LogP contribution >= 0.6 is 11.8 Å². The van der Waals surface area contributed by atoms with Crippen LogP contribution in [0.5, 0.6) is 0 Å². The fourth-order valence-electron chi connectivity index (χ4n) is 2.60. The van der Waals surface area contributed by atoms with Crippen LogP contribution in [0.1, 0.15) is 13.8 Å². The van der Waals surface area contributed by atoms with Gasteiger partial charge in [0.2, 0.25) is 0 Å². The summed E-state index contributed by atoms with van der Waals surface area (Å²) in [5, 5.41) is 0. The van der Waals surface area contributed by atoms with E-state index in [0.29, 0.717) is 17.0 Å². The zero-order chi connectivity index (χ0) is 14.9. The molecule has 0 amide bonds. The Morgan fingerprint density at radius 1 is 1.30 bits per heavy atom. The smallest absolute Gasteiger partial charge is 0.300 e. The Hall–Kier alpha value is -0.750. The first-order valence-electron chi connectivity index (χ1n) is 6.75. The van der Waals surface area contributed by atoms with Crippen LogP contribution < -0.4 is 0 Å². The van der Waals surface area contributed by atoms with E-state index in [4.69, 9.17) is 0 Å². The SMILES string of the molecule is CCN(CC)CC1=CC=C2SCC(C(F)(F)F)C2C1=O. The number of fused-ring (bicyclic) bond motifs is 1. The van der Waals surface area contributed by atoms with E-state index < -0.39 is 18.0 Å². The highest BCUT2D eigenvalue weighted by molar-refractivity contribution is 8.03. The molecule has 2 nitrogen and oxygen atoms in total. The van der Waals surface area contributed by atoms with Gasteiger partial charge in [-0.3, -0.25) is 9.69 Å². The number of allylic oxidation sites excluding steroid dienone is 3. The molecule has 2 aliphatic rings. The van der Waals surface area contributed by atoms with Crippen molar-refractivity contribution in [3.63, 3.8) is 0 Å². The van der Waals surface area contributed by atoms with Gasteiger partial charge in [-0.2, -0.15) is 13.2 Å². The number of hydrogen-bond acceptors (Lipinski definition) is 3. The van der Waals surface area contributed by atoms with Gasteiger partial charge < -0.3 is 0 Å². The lowest BCUT2D eigenvalue weighted by molar-refractivity contribution is -0.178. The van der Waals surface area contributed by atoms with E-state index in [9.17, 15) is 18.0 Å². The molecule has 1 aliphatic heterocycles. The van der Waals surface area contributed by atoms with Gasteiger partial charge >= 0.3 is 6.18 Å². The molecular weight excluding hydrogens is 287 g/mol. The maximum atomic E-state index is 13.0. The summed E-state index contributed by atoms with van der Waals surface area (Å²) in [5.41, 5.74) is 0.499. The molecule has 6 heteroatoms. The van der Waals surface area contributed by atoms with Crippen molar-refractivity contribution in [1.29, 1.82) is 0 Å². The van der Waals surface area contributed by atoms with Crippen molar-refractivity contribution in [3.8, 4) is 0 Å². The van der Waals surface area contributed by atoms with E-state index in [2.05, 4.69) is 0 Å². The summed E-state index contributed by atoms with van der Waals surface area (Å²) >= 11 is 1.16. The predicted molar refractivity (Wildman–Crippen MR) is 74.5 cm³/mol. The first-order valence-corrected chi connectivity index (χ1v) is 7.73. The summed E-state index contributed by atoms with van der Waals surface area (Å²) in [6, 6.07) is 0. The number of alkyl halides is 3. The fourth-order valence-corrected chi connectivity index (χ4v) is 3.97. The van der Waals surface area contributed by atoms with E-state index in [-0.39, 0.29) is 11.5 Å². The molecule has 2 unspecified atom stereocenters. The zero-order valence-electron chi connectivity index (χ0n) is 11.5. The summed E-state index contributed by atoms with van der Waals surface area (Å²) in [6.07, 6.45) is -0.917. The fraction of sp³-hybridized carbons (Fsp3) is 0.643. The first kappa shape index (κ1) is 15.6. The Morgan fingerprint density at radius 3 is 2.50 bits per heavy atom. The van der Waals surface area contributed by atoms with Crippen molar-refractivity contribution in [1.82, 2.24) is 4.90 Å². The standard InChI is InChI=1S/C14H18F3NOS/c1-3-18(4-2)7-9-5-6-11-12(13(9)19)10(8-20-11)14(15,16)17/h5-6,10,12H,3-4,7-8H2,1-2H3. The summed E-state index contributed by atoms with van der Waals surface area (Å²) in [6.45, 7) is 5.94. The molecule has 1 saturated heterocycles. The number of carbonyl (C=O) groups excluding carboxylic acids is 1. The Labute approximate surface area is 121 Å². The Morgan fingerprint density at radius 2 is 1.95 bits per heavy atom. The second-order valence-electron chi connectivity index (χ2n) is 5.02. The van der Waals surface area contributed by atoms with Gasteiger partial charge in [-0.1, -0.05) is 26.0 Å². The van der Waals surface area contributed by atoms with E-state index in [1.54, 1.807) is 12.2 Å². The maximum Gasteiger partial charge on any atom is 0.393 e. The summed E-state index contributed by atoms with van der Waals surface area (Å²) < 4.78 is 39.0. The number of thioether (sulfide) groups is 1. The molecule has 0 aromatic rings. The van der Waals surface area contributed by atoms with Crippen LogP contribution in [0.25, 0.3) is 0 Å². The number of rotatable bonds is 4. The van der Waals surface area contributed by atoms with Crippen LogP contribution in [0, 0.1) is 11.8 Å². The Balaban J connectivity index is 2.19. The van der Waals surface area contributed by atoms with Gasteiger partial charge in [0.15, 0.2) is 5.78 Å². The Bertz CT molecular complexity index is 452. The molecule has 1 heterocycles. The minimum absolute atomic E-state index is 0.0435. The summed E-state index contributed by atoms with van der Waals surface area (Å²) in [4.78, 5) is 15.0. The maximum absolute atomic E-state index is 13.0. The van der Waals surface area contributed by atoms with Gasteiger partial charge in [0.1, 0.15) is 0 Å². The third kappa shape index (κ3) is 2.96. The molecule has 2 atom stereocenters. The lowest BCUT2D eigenvalue weighted by Gasteiger charge is -2.26. The molecule has 0 aromatic heterocycles. The zero-order valence-corrected chi connectivity index (χ0v) is 12.4. The number of hydrogen-bond donors (Lipinski definition) is 0. The average Bonchev–Trinajstić information content (AvgIpc) is 2.83. The molecule has 1 fully saturated rings. The van der Waals surface area contributed by atoms with Crippen molar-refractivity contribution < 1.29 is 18.0 Å². The molecule has 0 aromatic carbocycles. The second-order valence-corrected chi connectivity index (χ2v) is 6.12. The van der Waals surface area contributed by atoms with Gasteiger partial charge in [-0.25, -0.2) is 0 Å². The molecule has 20 heavy (non-hydrogen) atoms. The van der Waals surface area contributed by atoms with E-state index in [0.717, 1.165) is 24.9 Å². The quantitative estimate of drug-likeness (QED) is 0.795. The number of Topliss-reactive ketones (excluding diaryl/α,β-unsaturated/α-hetero) is 1. The summed E-state index contributed by atoms with van der Waals surface area (Å²) in [7, 11) is 0. The van der Waals surface area contributed by atoms with Gasteiger partial charge in [0.25, 0.3) is 0 Å². The van der Waals surface area contributed by atoms with E-state index >= 15 is 0 Å². The second kappa shape index (κ2) is 5.93. The molecule has 1 aliphatic carbocycles. The topological polar surface area (TPSA) is 20.3 Å². The molecule has 0 radical (unpaired) electrons. The van der Waals surface area contributed by atoms with Crippen LogP contribution in [0.15, 0.2) is 22.6 Å². The molecule has 0 N–H and O–H groups in total. The molecule has 0 saturated carbocycles. The molecule has 0 bridgehead atoms. The highest BCUT2D eigenvalue weighted by Crippen LogP contribution is 2.50. The number of ketones is 1. The Kier molecular flexibility index (Phi) is 4.64. The summed E-state index contributed by atoms with van der Waals surface area (Å²) in [5.74, 6) is -2.93. The third-order valence-electron chi connectivity index (χ3n) is 3.90. The highest BCUT2D eigenvalue weighted by Gasteiger charge is 2.53. The number of nitrogens with zero attached hydrogens (tertiary/aromatic N) is 1. The van der Waals surface area contributed by atoms with Crippen LogP contribution in [-0.4, -0.2) is 42.2 Å². The number of carbonyl (C=O) groups is 1. The number of likely N-dealkylation sites (N-methyl/N-ethyl adjacent to an activating group) is 1. The first-order chi connectivity index (χ1) is 9.38. The van der Waals surface area contributed by atoms with Gasteiger partial charge in [0.05, 0.1) is 11.8 Å². The van der Waals surface area contributed by atoms with Crippen molar-refractivity contribution in [2.75, 3.05) is 25.4 Å². The van der Waals surface area contributed by atoms with Crippen LogP contribution in [0.2, 0.25) is 0 Å². The van der Waals surface area contributed by atoms with Crippen molar-refractivity contribution >= 4 is 17.5 Å². The molecular formula is C14H18F3NOS. The largest absolute Gasteiger partial charge is 0.393 e. The monoisotopic (exact) mass is 305 g/mol. The van der Waals surface area contributed by atoms with Gasteiger partial charge in [0, 0.05) is 17.9 Å². The van der Waals surface area contributed by atoms with E-state index in [1.165, 1.54) is 0 Å². The van der Waals surface area contributed by atoms with E-state index in [1.807, 2.05) is 18.7 Å². The predicted octanol–water partition coefficient (Wildman–Crippen LogP) is 3.26. The molecule has 0 spiro atoms. The van der Waals surface area contributed by atoms with Crippen LogP contribution in [0.3, 0.4) is 0 Å². The lowest BCUT2D eigenvalue weighted by atomic mass is 9.83. The van der Waals surface area contributed by atoms with Crippen LogP contribution in [-0.2, 0) is 4.79 Å². The van der Waals surface area contributed by atoms with Crippen molar-refractivity contribution in [2.45, 2.75) is 20.0 Å². The highest BCUT2D eigenvalue weighted by atomic mass is 32.2. The van der Waals surface area contributed by atoms with Crippen molar-refractivity contribution in [2.24, 2.45) is 11.8 Å². The van der Waals surface area contributed by atoms with Gasteiger partial charge in [-0.15, -0.1) is 11.8 Å². The number of halogens is 3. The molecule has 2 rings (SSSR count). The van der Waals surface area contributed by atoms with Crippen molar-refractivity contribution in [3.05, 3.63) is 22.6 Å². The average molecular weight is 305 g/mol.